The van der Waals surface area contributed by atoms with Gasteiger partial charge in [-0.1, -0.05) is 12.1 Å². The smallest absolute Gasteiger partial charge is 0.339 e. The minimum Gasteiger partial charge on any atom is -0.462 e. The number of benzene rings is 1. The zero-order chi connectivity index (χ0) is 21.8. The molecule has 0 atom stereocenters. The second kappa shape index (κ2) is 8.81. The summed E-state index contributed by atoms with van der Waals surface area (Å²) in [6, 6.07) is 8.55. The first kappa shape index (κ1) is 21.1. The van der Waals surface area contributed by atoms with Gasteiger partial charge in [0.2, 0.25) is 5.91 Å². The van der Waals surface area contributed by atoms with Crippen molar-refractivity contribution in [2.75, 3.05) is 30.0 Å². The van der Waals surface area contributed by atoms with Gasteiger partial charge in [0.15, 0.2) is 6.61 Å². The van der Waals surface area contributed by atoms with Crippen molar-refractivity contribution in [3.8, 4) is 0 Å². The Kier molecular flexibility index (Phi) is 6.20. The third-order valence-electron chi connectivity index (χ3n) is 4.78. The third-order valence-corrected chi connectivity index (χ3v) is 4.78. The lowest BCUT2D eigenvalue weighted by Crippen LogP contribution is -2.44. The molecule has 0 aliphatic carbocycles. The molecule has 30 heavy (non-hydrogen) atoms. The zero-order valence-corrected chi connectivity index (χ0v) is 17.1. The van der Waals surface area contributed by atoms with Gasteiger partial charge in [0.05, 0.1) is 23.5 Å². The number of nitrogens with one attached hydrogen (secondary N) is 1. The first-order valence-electron chi connectivity index (χ1n) is 9.50. The van der Waals surface area contributed by atoms with Crippen molar-refractivity contribution >= 4 is 35.1 Å². The van der Waals surface area contributed by atoms with E-state index in [9.17, 15) is 19.2 Å². The van der Waals surface area contributed by atoms with E-state index in [1.165, 1.54) is 4.90 Å². The largest absolute Gasteiger partial charge is 0.462 e. The number of hydrogen-bond donors (Lipinski definition) is 1. The molecule has 1 aliphatic rings. The average molecular weight is 413 g/mol. The van der Waals surface area contributed by atoms with Crippen LogP contribution in [0.25, 0.3) is 0 Å². The molecule has 0 unspecified atom stereocenters. The number of ether oxygens (including phenoxy) is 2. The number of esters is 2. The minimum atomic E-state index is -0.629. The molecule has 1 N–H and O–H groups in total. The van der Waals surface area contributed by atoms with E-state index in [1.807, 2.05) is 0 Å². The van der Waals surface area contributed by atoms with E-state index in [0.29, 0.717) is 28.3 Å². The van der Waals surface area contributed by atoms with Gasteiger partial charge < -0.3 is 19.4 Å². The Hall–Kier alpha value is -3.62. The first-order valence-corrected chi connectivity index (χ1v) is 9.50. The molecule has 2 heterocycles. The molecule has 1 aliphatic heterocycles. The van der Waals surface area contributed by atoms with Gasteiger partial charge in [0.1, 0.15) is 13.1 Å². The highest BCUT2D eigenvalue weighted by Gasteiger charge is 2.27. The predicted octanol–water partition coefficient (Wildman–Crippen LogP) is 1.81. The standard InChI is InChI=1S/C21H23N3O6/c1-4-29-21(28)15-9-13(2)23(14(15)3)11-20(27)30-12-19(26)24-10-18(25)22-16-7-5-6-8-17(16)24/h5-9H,4,10-12H2,1-3H3,(H,22,25). The van der Waals surface area contributed by atoms with Gasteiger partial charge in [-0.3, -0.25) is 19.3 Å². The van der Waals surface area contributed by atoms with Crippen LogP contribution in [-0.2, 0) is 30.4 Å². The number of rotatable bonds is 6. The van der Waals surface area contributed by atoms with E-state index in [4.69, 9.17) is 9.47 Å². The van der Waals surface area contributed by atoms with Crippen LogP contribution < -0.4 is 10.2 Å². The van der Waals surface area contributed by atoms with Crippen molar-refractivity contribution in [2.45, 2.75) is 27.3 Å². The lowest BCUT2D eigenvalue weighted by molar-refractivity contribution is -0.148. The molecule has 2 amide bonds. The number of para-hydroxylation sites is 2. The maximum absolute atomic E-state index is 12.6. The number of carbonyl (C=O) groups is 4. The molecule has 1 aromatic carbocycles. The Balaban J connectivity index is 1.64. The maximum atomic E-state index is 12.6. The summed E-state index contributed by atoms with van der Waals surface area (Å²) in [5.41, 5.74) is 2.73. The zero-order valence-electron chi connectivity index (χ0n) is 17.1. The van der Waals surface area contributed by atoms with Crippen LogP contribution in [0, 0.1) is 13.8 Å². The molecule has 0 spiro atoms. The number of fused-ring (bicyclic) bond motifs is 1. The van der Waals surface area contributed by atoms with E-state index < -0.39 is 24.5 Å². The van der Waals surface area contributed by atoms with Crippen LogP contribution in [0.1, 0.15) is 28.7 Å². The molecule has 0 saturated heterocycles. The van der Waals surface area contributed by atoms with Crippen LogP contribution in [0.4, 0.5) is 11.4 Å². The van der Waals surface area contributed by atoms with E-state index in [-0.39, 0.29) is 25.6 Å². The quantitative estimate of drug-likeness (QED) is 0.724. The highest BCUT2D eigenvalue weighted by atomic mass is 16.5. The van der Waals surface area contributed by atoms with Crippen LogP contribution in [0.5, 0.6) is 0 Å². The number of aryl methyl sites for hydroxylation is 1. The molecule has 0 radical (unpaired) electrons. The first-order chi connectivity index (χ1) is 14.3. The molecule has 2 aromatic rings. The average Bonchev–Trinajstić information content (AvgIpc) is 2.99. The van der Waals surface area contributed by atoms with Gasteiger partial charge in [-0.25, -0.2) is 4.79 Å². The highest BCUT2D eigenvalue weighted by Crippen LogP contribution is 2.28. The molecule has 3 rings (SSSR count). The van der Waals surface area contributed by atoms with Crippen molar-refractivity contribution in [1.82, 2.24) is 4.57 Å². The Morgan fingerprint density at radius 2 is 1.87 bits per heavy atom. The lowest BCUT2D eigenvalue weighted by Gasteiger charge is -2.28. The summed E-state index contributed by atoms with van der Waals surface area (Å²) in [7, 11) is 0. The Morgan fingerprint density at radius 3 is 2.60 bits per heavy atom. The second-order valence-corrected chi connectivity index (χ2v) is 6.80. The summed E-state index contributed by atoms with van der Waals surface area (Å²) in [4.78, 5) is 50.0. The fourth-order valence-corrected chi connectivity index (χ4v) is 3.31. The van der Waals surface area contributed by atoms with Crippen molar-refractivity contribution in [3.63, 3.8) is 0 Å². The maximum Gasteiger partial charge on any atom is 0.339 e. The van der Waals surface area contributed by atoms with Crippen molar-refractivity contribution in [1.29, 1.82) is 0 Å². The minimum absolute atomic E-state index is 0.147. The fraction of sp³-hybridized carbons (Fsp3) is 0.333. The lowest BCUT2D eigenvalue weighted by atomic mass is 10.2. The second-order valence-electron chi connectivity index (χ2n) is 6.80. The van der Waals surface area contributed by atoms with E-state index in [1.54, 1.807) is 55.7 Å². The summed E-state index contributed by atoms with van der Waals surface area (Å²) in [6.45, 7) is 4.65. The third kappa shape index (κ3) is 4.35. The predicted molar refractivity (Wildman–Crippen MR) is 108 cm³/mol. The number of hydrogen-bond acceptors (Lipinski definition) is 6. The van der Waals surface area contributed by atoms with Gasteiger partial charge in [-0.15, -0.1) is 0 Å². The van der Waals surface area contributed by atoms with Crippen LogP contribution >= 0.6 is 0 Å². The van der Waals surface area contributed by atoms with Crippen LogP contribution in [0.3, 0.4) is 0 Å². The summed E-state index contributed by atoms with van der Waals surface area (Å²) >= 11 is 0. The van der Waals surface area contributed by atoms with Gasteiger partial charge in [0.25, 0.3) is 5.91 Å². The summed E-state index contributed by atoms with van der Waals surface area (Å²) < 4.78 is 11.8. The Morgan fingerprint density at radius 1 is 1.13 bits per heavy atom. The van der Waals surface area contributed by atoms with Gasteiger partial charge in [-0.05, 0) is 39.0 Å². The molecule has 0 fully saturated rings. The summed E-state index contributed by atoms with van der Waals surface area (Å²) in [5, 5.41) is 2.69. The molecule has 9 nitrogen and oxygen atoms in total. The number of aromatic nitrogens is 1. The summed E-state index contributed by atoms with van der Waals surface area (Å²) in [6.07, 6.45) is 0. The molecular formula is C21H23N3O6. The molecule has 0 bridgehead atoms. The van der Waals surface area contributed by atoms with E-state index in [0.717, 1.165) is 0 Å². The molecule has 0 saturated carbocycles. The van der Waals surface area contributed by atoms with Gasteiger partial charge in [-0.2, -0.15) is 0 Å². The molecular weight excluding hydrogens is 390 g/mol. The Labute approximate surface area is 173 Å². The topological polar surface area (TPSA) is 107 Å². The molecule has 1 aromatic heterocycles. The Bertz CT molecular complexity index is 1010. The van der Waals surface area contributed by atoms with Crippen molar-refractivity contribution in [2.24, 2.45) is 0 Å². The van der Waals surface area contributed by atoms with Crippen molar-refractivity contribution in [3.05, 3.63) is 47.3 Å². The monoisotopic (exact) mass is 413 g/mol. The van der Waals surface area contributed by atoms with Crippen LogP contribution in [-0.4, -0.2) is 48.1 Å². The number of carbonyl (C=O) groups excluding carboxylic acids is 4. The van der Waals surface area contributed by atoms with Crippen LogP contribution in [0.2, 0.25) is 0 Å². The van der Waals surface area contributed by atoms with Gasteiger partial charge in [0, 0.05) is 11.4 Å². The molecule has 9 heteroatoms. The van der Waals surface area contributed by atoms with Crippen molar-refractivity contribution < 1.29 is 28.7 Å². The number of anilines is 2. The SMILES string of the molecule is CCOC(=O)c1cc(C)n(CC(=O)OCC(=O)N2CC(=O)Nc3ccccc32)c1C. The fourth-order valence-electron chi connectivity index (χ4n) is 3.31. The molecule has 158 valence electrons. The normalized spacial score (nSPS) is 12.8. The highest BCUT2D eigenvalue weighted by molar-refractivity contribution is 6.10. The summed E-state index contributed by atoms with van der Waals surface area (Å²) in [5.74, 6) is -1.91. The number of nitrogens with zero attached hydrogens (tertiary/aromatic N) is 2. The van der Waals surface area contributed by atoms with E-state index in [2.05, 4.69) is 5.32 Å². The van der Waals surface area contributed by atoms with Gasteiger partial charge >= 0.3 is 11.9 Å². The van der Waals surface area contributed by atoms with E-state index >= 15 is 0 Å². The number of amides is 2. The van der Waals surface area contributed by atoms with Crippen LogP contribution in [0.15, 0.2) is 30.3 Å².